The molecule has 1 atom stereocenters. The molecule has 1 aliphatic heterocycles. The van der Waals surface area contributed by atoms with Crippen LogP contribution in [0.5, 0.6) is 5.75 Å². The van der Waals surface area contributed by atoms with Crippen molar-refractivity contribution in [2.75, 3.05) is 12.3 Å². The molecule has 1 unspecified atom stereocenters. The summed E-state index contributed by atoms with van der Waals surface area (Å²) in [7, 11) is -3.53. The summed E-state index contributed by atoms with van der Waals surface area (Å²) in [6, 6.07) is 5.04. The predicted molar refractivity (Wildman–Crippen MR) is 86.1 cm³/mol. The van der Waals surface area contributed by atoms with Crippen molar-refractivity contribution in [1.82, 2.24) is 4.90 Å². The highest BCUT2D eigenvalue weighted by atomic mass is 32.2. The van der Waals surface area contributed by atoms with Gasteiger partial charge in [-0.3, -0.25) is 0 Å². The fraction of sp³-hybridized carbons (Fsp3) is 0.562. The van der Waals surface area contributed by atoms with Crippen molar-refractivity contribution in [2.45, 2.75) is 50.2 Å². The normalized spacial score (nSPS) is 18.9. The summed E-state index contributed by atoms with van der Waals surface area (Å²) in [6.07, 6.45) is 0.923. The Labute approximate surface area is 137 Å². The number of hydrogen-bond acceptors (Lipinski definition) is 5. The molecule has 1 heterocycles. The Hall–Kier alpha value is -1.76. The van der Waals surface area contributed by atoms with Gasteiger partial charge >= 0.3 is 6.09 Å². The van der Waals surface area contributed by atoms with Crippen LogP contribution in [0.4, 0.5) is 4.79 Å². The summed E-state index contributed by atoms with van der Waals surface area (Å²) in [4.78, 5) is 13.9. The van der Waals surface area contributed by atoms with Gasteiger partial charge in [-0.15, -0.1) is 0 Å². The van der Waals surface area contributed by atoms with Crippen LogP contribution in [0, 0.1) is 0 Å². The van der Waals surface area contributed by atoms with Gasteiger partial charge in [0.1, 0.15) is 11.4 Å². The number of benzene rings is 1. The molecule has 1 aromatic rings. The van der Waals surface area contributed by atoms with Crippen LogP contribution in [0.1, 0.15) is 33.6 Å². The van der Waals surface area contributed by atoms with Crippen molar-refractivity contribution in [3.63, 3.8) is 0 Å². The molecule has 23 heavy (non-hydrogen) atoms. The molecule has 128 valence electrons. The number of likely N-dealkylation sites (tertiary alicyclic amines) is 1. The summed E-state index contributed by atoms with van der Waals surface area (Å²) < 4.78 is 30.3. The number of ether oxygens (including phenoxy) is 1. The zero-order valence-corrected chi connectivity index (χ0v) is 14.5. The van der Waals surface area contributed by atoms with Crippen molar-refractivity contribution in [3.05, 3.63) is 24.3 Å². The first-order valence-corrected chi connectivity index (χ1v) is 9.25. The highest BCUT2D eigenvalue weighted by Crippen LogP contribution is 2.25. The van der Waals surface area contributed by atoms with Crippen LogP contribution in [-0.4, -0.2) is 48.5 Å². The van der Waals surface area contributed by atoms with E-state index >= 15 is 0 Å². The van der Waals surface area contributed by atoms with E-state index in [-0.39, 0.29) is 22.4 Å². The molecular formula is C16H23NO5S. The molecule has 0 aromatic heterocycles. The number of amides is 1. The maximum Gasteiger partial charge on any atom is 0.410 e. The van der Waals surface area contributed by atoms with Crippen molar-refractivity contribution in [2.24, 2.45) is 0 Å². The summed E-state index contributed by atoms with van der Waals surface area (Å²) in [6.45, 7) is 5.85. The number of carbonyl (C=O) groups is 1. The van der Waals surface area contributed by atoms with Crippen LogP contribution in [-0.2, 0) is 14.6 Å². The second kappa shape index (κ2) is 6.39. The average Bonchev–Trinajstić information content (AvgIpc) is 2.84. The Morgan fingerprint density at radius 3 is 2.48 bits per heavy atom. The molecule has 6 nitrogen and oxygen atoms in total. The van der Waals surface area contributed by atoms with E-state index in [4.69, 9.17) is 4.74 Å². The molecule has 2 rings (SSSR count). The van der Waals surface area contributed by atoms with Crippen LogP contribution < -0.4 is 0 Å². The maximum absolute atomic E-state index is 12.5. The Morgan fingerprint density at radius 2 is 1.91 bits per heavy atom. The standard InChI is InChI=1S/C16H23NO5S/c1-16(2,3)22-15(19)17-10-4-5-12(17)11-23(20,21)14-8-6-13(18)7-9-14/h6-9,12,18H,4-5,10-11H2,1-3H3. The Morgan fingerprint density at radius 1 is 1.30 bits per heavy atom. The van der Waals surface area contributed by atoms with Crippen LogP contribution in [0.15, 0.2) is 29.2 Å². The molecule has 0 bridgehead atoms. The van der Waals surface area contributed by atoms with E-state index in [9.17, 15) is 18.3 Å². The van der Waals surface area contributed by atoms with E-state index in [1.54, 1.807) is 20.8 Å². The van der Waals surface area contributed by atoms with E-state index in [0.717, 1.165) is 6.42 Å². The van der Waals surface area contributed by atoms with Gasteiger partial charge in [-0.25, -0.2) is 13.2 Å². The molecule has 0 aliphatic carbocycles. The number of phenols is 1. The number of nitrogens with zero attached hydrogens (tertiary/aromatic N) is 1. The van der Waals surface area contributed by atoms with Crippen LogP contribution in [0.2, 0.25) is 0 Å². The molecule has 1 aromatic carbocycles. The molecule has 1 amide bonds. The fourth-order valence-corrected chi connectivity index (χ4v) is 4.17. The zero-order chi connectivity index (χ0) is 17.3. The van der Waals surface area contributed by atoms with E-state index in [1.807, 2.05) is 0 Å². The van der Waals surface area contributed by atoms with Gasteiger partial charge in [0.25, 0.3) is 0 Å². The number of aromatic hydroxyl groups is 1. The van der Waals surface area contributed by atoms with Crippen molar-refractivity contribution >= 4 is 15.9 Å². The van der Waals surface area contributed by atoms with Crippen LogP contribution in [0.25, 0.3) is 0 Å². The smallest absolute Gasteiger partial charge is 0.410 e. The van der Waals surface area contributed by atoms with E-state index in [1.165, 1.54) is 29.2 Å². The fourth-order valence-electron chi connectivity index (χ4n) is 2.57. The molecule has 7 heteroatoms. The van der Waals surface area contributed by atoms with E-state index < -0.39 is 21.5 Å². The minimum absolute atomic E-state index is 0.0141. The third-order valence-electron chi connectivity index (χ3n) is 3.61. The quantitative estimate of drug-likeness (QED) is 0.913. The minimum atomic E-state index is -3.53. The van der Waals surface area contributed by atoms with E-state index in [2.05, 4.69) is 0 Å². The molecule has 0 radical (unpaired) electrons. The topological polar surface area (TPSA) is 83.9 Å². The van der Waals surface area contributed by atoms with Crippen LogP contribution in [0.3, 0.4) is 0 Å². The number of sulfone groups is 1. The minimum Gasteiger partial charge on any atom is -0.508 e. The molecule has 1 N–H and O–H groups in total. The summed E-state index contributed by atoms with van der Waals surface area (Å²) in [5.74, 6) is -0.128. The Balaban J connectivity index is 2.11. The SMILES string of the molecule is CC(C)(C)OC(=O)N1CCCC1CS(=O)(=O)c1ccc(O)cc1. The maximum atomic E-state index is 12.5. The van der Waals surface area contributed by atoms with Gasteiger partial charge in [0.05, 0.1) is 10.6 Å². The third-order valence-corrected chi connectivity index (χ3v) is 5.43. The van der Waals surface area contributed by atoms with Crippen molar-refractivity contribution in [1.29, 1.82) is 0 Å². The highest BCUT2D eigenvalue weighted by molar-refractivity contribution is 7.91. The number of carbonyl (C=O) groups excluding carboxylic acids is 1. The molecular weight excluding hydrogens is 318 g/mol. The molecule has 0 spiro atoms. The Kier molecular flexibility index (Phi) is 4.89. The van der Waals surface area contributed by atoms with Gasteiger partial charge in [0.15, 0.2) is 9.84 Å². The van der Waals surface area contributed by atoms with E-state index in [0.29, 0.717) is 13.0 Å². The van der Waals surface area contributed by atoms with Gasteiger partial charge in [-0.2, -0.15) is 0 Å². The van der Waals surface area contributed by atoms with Crippen molar-refractivity contribution in [3.8, 4) is 5.75 Å². The van der Waals surface area contributed by atoms with Gasteiger partial charge in [0.2, 0.25) is 0 Å². The average molecular weight is 341 g/mol. The highest BCUT2D eigenvalue weighted by Gasteiger charge is 2.35. The first-order valence-electron chi connectivity index (χ1n) is 7.60. The summed E-state index contributed by atoms with van der Waals surface area (Å²) >= 11 is 0. The first kappa shape index (κ1) is 17.6. The van der Waals surface area contributed by atoms with Gasteiger partial charge < -0.3 is 14.7 Å². The molecule has 0 saturated carbocycles. The van der Waals surface area contributed by atoms with Crippen LogP contribution >= 0.6 is 0 Å². The molecule has 1 saturated heterocycles. The lowest BCUT2D eigenvalue weighted by molar-refractivity contribution is 0.0241. The predicted octanol–water partition coefficient (Wildman–Crippen LogP) is 2.57. The summed E-state index contributed by atoms with van der Waals surface area (Å²) in [5.41, 5.74) is -0.611. The molecule has 1 aliphatic rings. The first-order chi connectivity index (χ1) is 10.6. The zero-order valence-electron chi connectivity index (χ0n) is 13.7. The molecule has 1 fully saturated rings. The van der Waals surface area contributed by atoms with Crippen molar-refractivity contribution < 1.29 is 23.1 Å². The van der Waals surface area contributed by atoms with Gasteiger partial charge in [-0.05, 0) is 57.9 Å². The summed E-state index contributed by atoms with van der Waals surface area (Å²) in [5, 5.41) is 9.27. The lowest BCUT2D eigenvalue weighted by atomic mass is 10.2. The third kappa shape index (κ3) is 4.60. The van der Waals surface area contributed by atoms with Gasteiger partial charge in [-0.1, -0.05) is 0 Å². The number of rotatable bonds is 3. The lowest BCUT2D eigenvalue weighted by Gasteiger charge is -2.28. The Bertz CT molecular complexity index is 661. The lowest BCUT2D eigenvalue weighted by Crippen LogP contribution is -2.42. The number of hydrogen-bond donors (Lipinski definition) is 1. The second-order valence-electron chi connectivity index (χ2n) is 6.75. The largest absolute Gasteiger partial charge is 0.508 e. The number of phenolic OH excluding ortho intramolecular Hbond substituents is 1. The second-order valence-corrected chi connectivity index (χ2v) is 8.78. The monoisotopic (exact) mass is 341 g/mol. The van der Waals surface area contributed by atoms with Gasteiger partial charge in [0, 0.05) is 12.6 Å².